The summed E-state index contributed by atoms with van der Waals surface area (Å²) in [5.74, 6) is -1.54. The van der Waals surface area contributed by atoms with E-state index in [0.29, 0.717) is 12.1 Å². The fourth-order valence-electron chi connectivity index (χ4n) is 1.40. The van der Waals surface area contributed by atoms with Gasteiger partial charge in [0.05, 0.1) is 24.8 Å². The summed E-state index contributed by atoms with van der Waals surface area (Å²) >= 11 is 0. The van der Waals surface area contributed by atoms with Crippen molar-refractivity contribution in [2.75, 3.05) is 0 Å². The van der Waals surface area contributed by atoms with E-state index in [9.17, 15) is 9.18 Å². The minimum Gasteiger partial charge on any atom is -0.478 e. The first-order valence-electron chi connectivity index (χ1n) is 5.17. The lowest BCUT2D eigenvalue weighted by Crippen LogP contribution is -1.99. The first kappa shape index (κ1) is 12.0. The zero-order chi connectivity index (χ0) is 13.0. The molecule has 0 atom stereocenters. The summed E-state index contributed by atoms with van der Waals surface area (Å²) in [4.78, 5) is 17.9. The molecular formula is C12H10FN3O2. The Hall–Kier alpha value is -2.50. The van der Waals surface area contributed by atoms with Crippen LogP contribution < -0.4 is 0 Å². The van der Waals surface area contributed by atoms with Crippen molar-refractivity contribution in [3.05, 3.63) is 54.1 Å². The Morgan fingerprint density at radius 3 is 2.83 bits per heavy atom. The van der Waals surface area contributed by atoms with Gasteiger partial charge in [-0.2, -0.15) is 4.39 Å². The van der Waals surface area contributed by atoms with Crippen molar-refractivity contribution in [3.8, 4) is 0 Å². The molecule has 5 nitrogen and oxygen atoms in total. The lowest BCUT2D eigenvalue weighted by molar-refractivity contribution is -0.131. The van der Waals surface area contributed by atoms with E-state index in [4.69, 9.17) is 5.11 Å². The van der Waals surface area contributed by atoms with E-state index < -0.39 is 11.9 Å². The molecule has 6 heteroatoms. The van der Waals surface area contributed by atoms with Gasteiger partial charge in [-0.25, -0.2) is 9.78 Å². The van der Waals surface area contributed by atoms with Gasteiger partial charge in [0, 0.05) is 12.3 Å². The molecule has 0 aliphatic heterocycles. The molecule has 0 amide bonds. The quantitative estimate of drug-likeness (QED) is 0.832. The summed E-state index contributed by atoms with van der Waals surface area (Å²) in [6.07, 6.45) is 6.72. The second-order valence-corrected chi connectivity index (χ2v) is 3.62. The third-order valence-corrected chi connectivity index (χ3v) is 2.21. The number of hydrogen-bond acceptors (Lipinski definition) is 3. The molecule has 0 aromatic carbocycles. The van der Waals surface area contributed by atoms with Crippen molar-refractivity contribution in [1.82, 2.24) is 14.5 Å². The average molecular weight is 247 g/mol. The fourth-order valence-corrected chi connectivity index (χ4v) is 1.40. The summed E-state index contributed by atoms with van der Waals surface area (Å²) in [7, 11) is 0. The maximum Gasteiger partial charge on any atom is 0.328 e. The molecule has 0 aliphatic carbocycles. The SMILES string of the molecule is O=C(O)/C=C/c1ccc(Cn2cnc(F)c2)nc1. The Kier molecular flexibility index (Phi) is 3.47. The molecule has 0 aliphatic rings. The molecule has 1 N–H and O–H groups in total. The van der Waals surface area contributed by atoms with Crippen molar-refractivity contribution in [2.24, 2.45) is 0 Å². The Bertz CT molecular complexity index is 575. The lowest BCUT2D eigenvalue weighted by atomic mass is 10.2. The number of aliphatic carboxylic acids is 1. The van der Waals surface area contributed by atoms with Crippen LogP contribution in [0.3, 0.4) is 0 Å². The number of pyridine rings is 1. The summed E-state index contributed by atoms with van der Waals surface area (Å²) in [5.41, 5.74) is 1.43. The second-order valence-electron chi connectivity index (χ2n) is 3.62. The van der Waals surface area contributed by atoms with Crippen LogP contribution >= 0.6 is 0 Å². The Morgan fingerprint density at radius 1 is 1.44 bits per heavy atom. The Labute approximate surface area is 102 Å². The molecule has 0 saturated carbocycles. The molecule has 0 saturated heterocycles. The van der Waals surface area contributed by atoms with Gasteiger partial charge in [0.2, 0.25) is 5.95 Å². The van der Waals surface area contributed by atoms with E-state index in [1.54, 1.807) is 22.9 Å². The van der Waals surface area contributed by atoms with Crippen molar-refractivity contribution in [2.45, 2.75) is 6.54 Å². The molecule has 2 aromatic rings. The van der Waals surface area contributed by atoms with Crippen LogP contribution in [0.2, 0.25) is 0 Å². The van der Waals surface area contributed by atoms with Crippen LogP contribution in [-0.2, 0) is 11.3 Å². The third-order valence-electron chi connectivity index (χ3n) is 2.21. The normalized spacial score (nSPS) is 10.9. The number of carboxylic acids is 1. The highest BCUT2D eigenvalue weighted by Gasteiger charge is 1.99. The standard InChI is InChI=1S/C12H10FN3O2/c13-11-7-16(8-15-11)6-10-3-1-9(5-14-10)2-4-12(17)18/h1-5,7-8H,6H2,(H,17,18)/b4-2+. The molecule has 2 heterocycles. The van der Waals surface area contributed by atoms with Crippen LogP contribution in [0, 0.1) is 5.95 Å². The summed E-state index contributed by atoms with van der Waals surface area (Å²) in [6, 6.07) is 3.49. The van der Waals surface area contributed by atoms with Crippen LogP contribution in [0.1, 0.15) is 11.3 Å². The molecule has 2 rings (SSSR count). The van der Waals surface area contributed by atoms with Crippen LogP contribution in [0.5, 0.6) is 0 Å². The summed E-state index contributed by atoms with van der Waals surface area (Å²) in [6.45, 7) is 0.417. The van der Waals surface area contributed by atoms with E-state index in [-0.39, 0.29) is 0 Å². The van der Waals surface area contributed by atoms with Gasteiger partial charge in [-0.1, -0.05) is 6.07 Å². The molecule has 18 heavy (non-hydrogen) atoms. The molecular weight excluding hydrogens is 237 g/mol. The van der Waals surface area contributed by atoms with Gasteiger partial charge >= 0.3 is 5.97 Å². The highest BCUT2D eigenvalue weighted by Crippen LogP contribution is 2.05. The van der Waals surface area contributed by atoms with Crippen LogP contribution in [0.4, 0.5) is 4.39 Å². The number of rotatable bonds is 4. The molecule has 0 spiro atoms. The maximum absolute atomic E-state index is 12.7. The van der Waals surface area contributed by atoms with E-state index in [0.717, 1.165) is 11.8 Å². The maximum atomic E-state index is 12.7. The van der Waals surface area contributed by atoms with Gasteiger partial charge in [0.25, 0.3) is 0 Å². The predicted octanol–water partition coefficient (Wildman–Crippen LogP) is 1.56. The minimum absolute atomic E-state index is 0.417. The number of hydrogen-bond donors (Lipinski definition) is 1. The zero-order valence-corrected chi connectivity index (χ0v) is 9.32. The van der Waals surface area contributed by atoms with Gasteiger partial charge < -0.3 is 9.67 Å². The molecule has 92 valence electrons. The number of halogens is 1. The van der Waals surface area contributed by atoms with Gasteiger partial charge in [0.15, 0.2) is 0 Å². The van der Waals surface area contributed by atoms with Crippen LogP contribution in [0.25, 0.3) is 6.08 Å². The van der Waals surface area contributed by atoms with Crippen molar-refractivity contribution in [3.63, 3.8) is 0 Å². The number of aromatic nitrogens is 3. The second kappa shape index (κ2) is 5.22. The van der Waals surface area contributed by atoms with Crippen molar-refractivity contribution >= 4 is 12.0 Å². The highest BCUT2D eigenvalue weighted by molar-refractivity contribution is 5.85. The Morgan fingerprint density at radius 2 is 2.28 bits per heavy atom. The summed E-state index contributed by atoms with van der Waals surface area (Å²) in [5, 5.41) is 8.47. The van der Waals surface area contributed by atoms with Gasteiger partial charge in [-0.15, -0.1) is 0 Å². The Balaban J connectivity index is 2.06. The third kappa shape index (κ3) is 3.24. The van der Waals surface area contributed by atoms with E-state index >= 15 is 0 Å². The first-order chi connectivity index (χ1) is 8.63. The van der Waals surface area contributed by atoms with E-state index in [1.807, 2.05) is 0 Å². The average Bonchev–Trinajstić information content (AvgIpc) is 2.74. The molecule has 0 bridgehead atoms. The van der Waals surface area contributed by atoms with Crippen molar-refractivity contribution in [1.29, 1.82) is 0 Å². The molecule has 0 fully saturated rings. The van der Waals surface area contributed by atoms with Crippen molar-refractivity contribution < 1.29 is 14.3 Å². The molecule has 0 radical (unpaired) electrons. The smallest absolute Gasteiger partial charge is 0.328 e. The van der Waals surface area contributed by atoms with Gasteiger partial charge in [-0.3, -0.25) is 4.98 Å². The number of carbonyl (C=O) groups is 1. The van der Waals surface area contributed by atoms with Crippen LogP contribution in [-0.4, -0.2) is 25.6 Å². The number of nitrogens with zero attached hydrogens (tertiary/aromatic N) is 3. The number of carboxylic acid groups (broad SMARTS) is 1. The number of imidazole rings is 1. The molecule has 2 aromatic heterocycles. The van der Waals surface area contributed by atoms with Crippen LogP contribution in [0.15, 0.2) is 36.9 Å². The first-order valence-corrected chi connectivity index (χ1v) is 5.17. The molecule has 0 unspecified atom stereocenters. The minimum atomic E-state index is -1.01. The summed E-state index contributed by atoms with van der Waals surface area (Å²) < 4.78 is 14.2. The van der Waals surface area contributed by atoms with Gasteiger partial charge in [-0.05, 0) is 17.7 Å². The zero-order valence-electron chi connectivity index (χ0n) is 9.32. The highest BCUT2D eigenvalue weighted by atomic mass is 19.1. The lowest BCUT2D eigenvalue weighted by Gasteiger charge is -2.01. The topological polar surface area (TPSA) is 68.0 Å². The predicted molar refractivity (Wildman–Crippen MR) is 62.2 cm³/mol. The van der Waals surface area contributed by atoms with Gasteiger partial charge in [0.1, 0.15) is 0 Å². The monoisotopic (exact) mass is 247 g/mol. The van der Waals surface area contributed by atoms with E-state index in [2.05, 4.69) is 9.97 Å². The fraction of sp³-hybridized carbons (Fsp3) is 0.0833. The largest absolute Gasteiger partial charge is 0.478 e. The van der Waals surface area contributed by atoms with E-state index in [1.165, 1.54) is 18.6 Å².